The average Bonchev–Trinajstić information content (AvgIpc) is 2.59. The number of anilines is 2. The molecule has 5 nitrogen and oxygen atoms in total. The van der Waals surface area contributed by atoms with Gasteiger partial charge in [-0.2, -0.15) is 0 Å². The molecule has 2 rings (SSSR count). The summed E-state index contributed by atoms with van der Waals surface area (Å²) >= 11 is 0. The monoisotopic (exact) mass is 354 g/mol. The molecule has 138 valence electrons. The summed E-state index contributed by atoms with van der Waals surface area (Å²) in [4.78, 5) is 26.2. The van der Waals surface area contributed by atoms with Gasteiger partial charge in [0.25, 0.3) is 0 Å². The third-order valence-electron chi connectivity index (χ3n) is 4.06. The van der Waals surface area contributed by atoms with Crippen LogP contribution in [0.5, 0.6) is 5.75 Å². The molecular formula is C21H26N2O3. The lowest BCUT2D eigenvalue weighted by Crippen LogP contribution is -2.38. The van der Waals surface area contributed by atoms with E-state index in [1.54, 1.807) is 31.4 Å². The molecule has 0 saturated heterocycles. The van der Waals surface area contributed by atoms with Gasteiger partial charge in [-0.25, -0.2) is 0 Å². The minimum atomic E-state index is -0.255. The van der Waals surface area contributed by atoms with E-state index in [1.165, 1.54) is 11.8 Å². The van der Waals surface area contributed by atoms with Crippen LogP contribution in [0.2, 0.25) is 0 Å². The molecule has 26 heavy (non-hydrogen) atoms. The molecule has 2 amide bonds. The van der Waals surface area contributed by atoms with Gasteiger partial charge in [0.15, 0.2) is 0 Å². The second-order valence-corrected chi connectivity index (χ2v) is 7.15. The smallest absolute Gasteiger partial charge is 0.244 e. The Morgan fingerprint density at radius 1 is 1.04 bits per heavy atom. The fourth-order valence-corrected chi connectivity index (χ4v) is 2.73. The van der Waals surface area contributed by atoms with Crippen molar-refractivity contribution in [2.75, 3.05) is 23.9 Å². The molecule has 0 heterocycles. The first-order chi connectivity index (χ1) is 12.2. The molecular weight excluding hydrogens is 328 g/mol. The Hall–Kier alpha value is -2.82. The maximum atomic E-state index is 12.5. The van der Waals surface area contributed by atoms with E-state index < -0.39 is 0 Å². The number of hydrogen-bond acceptors (Lipinski definition) is 3. The topological polar surface area (TPSA) is 58.6 Å². The average molecular weight is 354 g/mol. The normalized spacial score (nSPS) is 11.0. The molecule has 0 radical (unpaired) electrons. The van der Waals surface area contributed by atoms with Crippen LogP contribution in [-0.4, -0.2) is 25.5 Å². The van der Waals surface area contributed by atoms with E-state index >= 15 is 0 Å². The molecule has 0 spiro atoms. The molecule has 0 aliphatic carbocycles. The zero-order valence-electron chi connectivity index (χ0n) is 16.0. The van der Waals surface area contributed by atoms with Crippen LogP contribution in [0, 0.1) is 0 Å². The SMILES string of the molecule is COc1ccc(NC(=O)CN(C(C)=O)c2ccccc2C(C)(C)C)cc1. The van der Waals surface area contributed by atoms with E-state index in [2.05, 4.69) is 26.1 Å². The van der Waals surface area contributed by atoms with Crippen LogP contribution in [-0.2, 0) is 15.0 Å². The van der Waals surface area contributed by atoms with Gasteiger partial charge in [-0.3, -0.25) is 9.59 Å². The van der Waals surface area contributed by atoms with Gasteiger partial charge >= 0.3 is 0 Å². The number of carbonyl (C=O) groups is 2. The number of methoxy groups -OCH3 is 1. The van der Waals surface area contributed by atoms with Crippen LogP contribution in [0.3, 0.4) is 0 Å². The highest BCUT2D eigenvalue weighted by atomic mass is 16.5. The van der Waals surface area contributed by atoms with Crippen molar-refractivity contribution >= 4 is 23.2 Å². The fraction of sp³-hybridized carbons (Fsp3) is 0.333. The van der Waals surface area contributed by atoms with Gasteiger partial charge in [-0.15, -0.1) is 0 Å². The highest BCUT2D eigenvalue weighted by Gasteiger charge is 2.24. The third-order valence-corrected chi connectivity index (χ3v) is 4.06. The first kappa shape index (κ1) is 19.5. The lowest BCUT2D eigenvalue weighted by molar-refractivity contribution is -0.120. The summed E-state index contributed by atoms with van der Waals surface area (Å²) in [6, 6.07) is 14.8. The standard InChI is InChI=1S/C21H26N2O3/c1-15(24)23(19-9-7-6-8-18(19)21(2,3)4)14-20(25)22-16-10-12-17(26-5)13-11-16/h6-13H,14H2,1-5H3,(H,22,25). The molecule has 0 aliphatic heterocycles. The van der Waals surface area contributed by atoms with Crippen molar-refractivity contribution < 1.29 is 14.3 Å². The molecule has 0 saturated carbocycles. The number of ether oxygens (including phenoxy) is 1. The number of nitrogens with zero attached hydrogens (tertiary/aromatic N) is 1. The lowest BCUT2D eigenvalue weighted by atomic mass is 9.85. The van der Waals surface area contributed by atoms with Gasteiger partial charge in [0.05, 0.1) is 7.11 Å². The minimum Gasteiger partial charge on any atom is -0.497 e. The molecule has 2 aromatic rings. The van der Waals surface area contributed by atoms with E-state index in [0.717, 1.165) is 11.3 Å². The predicted molar refractivity (Wildman–Crippen MR) is 105 cm³/mol. The van der Waals surface area contributed by atoms with Crippen molar-refractivity contribution in [3.05, 3.63) is 54.1 Å². The molecule has 0 fully saturated rings. The molecule has 1 N–H and O–H groups in total. The number of benzene rings is 2. The quantitative estimate of drug-likeness (QED) is 0.883. The summed E-state index contributed by atoms with van der Waals surface area (Å²) in [5, 5.41) is 2.82. The van der Waals surface area contributed by atoms with Gasteiger partial charge in [0.1, 0.15) is 12.3 Å². The Bertz CT molecular complexity index is 777. The highest BCUT2D eigenvalue weighted by Crippen LogP contribution is 2.32. The first-order valence-corrected chi connectivity index (χ1v) is 8.54. The lowest BCUT2D eigenvalue weighted by Gasteiger charge is -2.29. The van der Waals surface area contributed by atoms with Gasteiger partial charge in [-0.05, 0) is 41.3 Å². The van der Waals surface area contributed by atoms with Crippen molar-refractivity contribution in [2.45, 2.75) is 33.1 Å². The molecule has 0 aliphatic rings. The maximum absolute atomic E-state index is 12.5. The number of amides is 2. The molecule has 5 heteroatoms. The Morgan fingerprint density at radius 2 is 1.65 bits per heavy atom. The largest absolute Gasteiger partial charge is 0.497 e. The fourth-order valence-electron chi connectivity index (χ4n) is 2.73. The van der Waals surface area contributed by atoms with E-state index in [1.807, 2.05) is 24.3 Å². The second-order valence-electron chi connectivity index (χ2n) is 7.15. The number of carbonyl (C=O) groups excluding carboxylic acids is 2. The van der Waals surface area contributed by atoms with Crippen molar-refractivity contribution in [1.82, 2.24) is 0 Å². The second kappa shape index (κ2) is 8.04. The summed E-state index contributed by atoms with van der Waals surface area (Å²) in [6.45, 7) is 7.68. The van der Waals surface area contributed by atoms with E-state index in [9.17, 15) is 9.59 Å². The summed E-state index contributed by atoms with van der Waals surface area (Å²) in [7, 11) is 1.59. The molecule has 0 unspecified atom stereocenters. The Morgan fingerprint density at radius 3 is 2.19 bits per heavy atom. The maximum Gasteiger partial charge on any atom is 0.244 e. The summed E-state index contributed by atoms with van der Waals surface area (Å²) < 4.78 is 5.11. The van der Waals surface area contributed by atoms with Crippen LogP contribution >= 0.6 is 0 Å². The van der Waals surface area contributed by atoms with Crippen LogP contribution in [0.25, 0.3) is 0 Å². The van der Waals surface area contributed by atoms with Crippen LogP contribution in [0.15, 0.2) is 48.5 Å². The van der Waals surface area contributed by atoms with Crippen molar-refractivity contribution in [2.24, 2.45) is 0 Å². The van der Waals surface area contributed by atoms with Crippen LogP contribution < -0.4 is 15.0 Å². The number of para-hydroxylation sites is 1. The number of rotatable bonds is 5. The summed E-state index contributed by atoms with van der Waals surface area (Å²) in [5.74, 6) is 0.285. The van der Waals surface area contributed by atoms with Gasteiger partial charge in [-0.1, -0.05) is 39.0 Å². The summed E-state index contributed by atoms with van der Waals surface area (Å²) in [6.07, 6.45) is 0. The molecule has 0 atom stereocenters. The Labute approximate surface area is 155 Å². The zero-order chi connectivity index (χ0) is 19.3. The van der Waals surface area contributed by atoms with Crippen LogP contribution in [0.4, 0.5) is 11.4 Å². The predicted octanol–water partition coefficient (Wildman–Crippen LogP) is 3.98. The van der Waals surface area contributed by atoms with Gasteiger partial charge < -0.3 is 15.0 Å². The molecule has 0 bridgehead atoms. The van der Waals surface area contributed by atoms with Gasteiger partial charge in [0, 0.05) is 18.3 Å². The Kier molecular flexibility index (Phi) is 6.03. The third kappa shape index (κ3) is 4.85. The zero-order valence-corrected chi connectivity index (χ0v) is 16.0. The first-order valence-electron chi connectivity index (χ1n) is 8.54. The highest BCUT2D eigenvalue weighted by molar-refractivity contribution is 6.02. The minimum absolute atomic E-state index is 0.0472. The number of nitrogens with one attached hydrogen (secondary N) is 1. The van der Waals surface area contributed by atoms with Crippen molar-refractivity contribution in [3.8, 4) is 5.75 Å². The van der Waals surface area contributed by atoms with E-state index in [-0.39, 0.29) is 23.8 Å². The van der Waals surface area contributed by atoms with E-state index in [4.69, 9.17) is 4.74 Å². The Balaban J connectivity index is 2.21. The van der Waals surface area contributed by atoms with Crippen LogP contribution in [0.1, 0.15) is 33.3 Å². The molecule has 0 aromatic heterocycles. The van der Waals surface area contributed by atoms with Gasteiger partial charge in [0.2, 0.25) is 11.8 Å². The van der Waals surface area contributed by atoms with Crippen molar-refractivity contribution in [3.63, 3.8) is 0 Å². The number of hydrogen-bond donors (Lipinski definition) is 1. The molecule has 2 aromatic carbocycles. The van der Waals surface area contributed by atoms with Crippen molar-refractivity contribution in [1.29, 1.82) is 0 Å². The summed E-state index contributed by atoms with van der Waals surface area (Å²) in [5.41, 5.74) is 2.30. The van der Waals surface area contributed by atoms with E-state index in [0.29, 0.717) is 11.4 Å².